The number of piperazine rings is 1. The summed E-state index contributed by atoms with van der Waals surface area (Å²) in [4.78, 5) is 18.9. The van der Waals surface area contributed by atoms with Gasteiger partial charge >= 0.3 is 12.2 Å². The van der Waals surface area contributed by atoms with Crippen LogP contribution in [0.3, 0.4) is 0 Å². The van der Waals surface area contributed by atoms with Crippen LogP contribution in [0.4, 0.5) is 18.0 Å². The first-order valence-corrected chi connectivity index (χ1v) is 9.44. The minimum absolute atomic E-state index is 0.0952. The lowest BCUT2D eigenvalue weighted by Crippen LogP contribution is -2.55. The van der Waals surface area contributed by atoms with Crippen molar-refractivity contribution in [1.82, 2.24) is 20.0 Å². The molecule has 8 heteroatoms. The number of carbonyl (C=O) groups excluding carboxylic acids is 1. The van der Waals surface area contributed by atoms with Gasteiger partial charge < -0.3 is 15.1 Å². The summed E-state index contributed by atoms with van der Waals surface area (Å²) in [7, 11) is 2.14. The maximum atomic E-state index is 12.8. The molecule has 0 spiro atoms. The van der Waals surface area contributed by atoms with E-state index in [1.807, 2.05) is 0 Å². The van der Waals surface area contributed by atoms with E-state index in [4.69, 9.17) is 0 Å². The van der Waals surface area contributed by atoms with Gasteiger partial charge in [-0.15, -0.1) is 0 Å². The van der Waals surface area contributed by atoms with Crippen LogP contribution in [0.15, 0.2) is 24.3 Å². The SMILES string of the molecule is CN1CCC(N2CCN(C(=O)NCc3cccc(C(F)(F)F)c3)CC2)CC1. The third-order valence-electron chi connectivity index (χ3n) is 5.50. The highest BCUT2D eigenvalue weighted by Crippen LogP contribution is 2.29. The Kier molecular flexibility index (Phi) is 6.26. The molecule has 0 unspecified atom stereocenters. The molecule has 2 aliphatic heterocycles. The van der Waals surface area contributed by atoms with Crippen LogP contribution in [-0.4, -0.2) is 73.1 Å². The number of piperidine rings is 1. The number of hydrogen-bond donors (Lipinski definition) is 1. The number of likely N-dealkylation sites (tertiary alicyclic amines) is 1. The Morgan fingerprint density at radius 3 is 2.41 bits per heavy atom. The summed E-state index contributed by atoms with van der Waals surface area (Å²) in [5.41, 5.74) is -0.246. The Morgan fingerprint density at radius 1 is 1.11 bits per heavy atom. The Bertz CT molecular complexity index is 636. The standard InChI is InChI=1S/C19H27F3N4O/c1-24-7-5-17(6-8-24)25-9-11-26(12-10-25)18(27)23-14-15-3-2-4-16(13-15)19(20,21)22/h2-4,13,17H,5-12,14H2,1H3,(H,23,27). The van der Waals surface area contributed by atoms with E-state index in [0.717, 1.165) is 51.2 Å². The first-order chi connectivity index (χ1) is 12.8. The van der Waals surface area contributed by atoms with Crippen molar-refractivity contribution >= 4 is 6.03 Å². The van der Waals surface area contributed by atoms with E-state index in [9.17, 15) is 18.0 Å². The van der Waals surface area contributed by atoms with Gasteiger partial charge in [0.05, 0.1) is 5.56 Å². The molecule has 1 aromatic rings. The average Bonchev–Trinajstić information content (AvgIpc) is 2.66. The van der Waals surface area contributed by atoms with Crippen LogP contribution in [0.25, 0.3) is 0 Å². The smallest absolute Gasteiger partial charge is 0.334 e. The molecule has 1 aromatic carbocycles. The summed E-state index contributed by atoms with van der Waals surface area (Å²) in [6.45, 7) is 5.33. The summed E-state index contributed by atoms with van der Waals surface area (Å²) in [5.74, 6) is 0. The molecule has 27 heavy (non-hydrogen) atoms. The van der Waals surface area contributed by atoms with Crippen molar-refractivity contribution in [3.05, 3.63) is 35.4 Å². The van der Waals surface area contributed by atoms with Crippen LogP contribution in [0.1, 0.15) is 24.0 Å². The first kappa shape index (κ1) is 19.9. The van der Waals surface area contributed by atoms with Crippen molar-refractivity contribution in [3.8, 4) is 0 Å². The highest BCUT2D eigenvalue weighted by atomic mass is 19.4. The molecule has 0 aromatic heterocycles. The summed E-state index contributed by atoms with van der Waals surface area (Å²) in [6, 6.07) is 5.45. The Hall–Kier alpha value is -1.80. The van der Waals surface area contributed by atoms with Gasteiger partial charge in [-0.1, -0.05) is 12.1 Å². The fraction of sp³-hybridized carbons (Fsp3) is 0.632. The lowest BCUT2D eigenvalue weighted by atomic mass is 10.0. The topological polar surface area (TPSA) is 38.8 Å². The zero-order valence-electron chi connectivity index (χ0n) is 15.6. The monoisotopic (exact) mass is 384 g/mol. The van der Waals surface area contributed by atoms with E-state index in [0.29, 0.717) is 24.7 Å². The quantitative estimate of drug-likeness (QED) is 0.871. The largest absolute Gasteiger partial charge is 0.416 e. The number of hydrogen-bond acceptors (Lipinski definition) is 3. The number of rotatable bonds is 3. The van der Waals surface area contributed by atoms with Gasteiger partial charge in [0.2, 0.25) is 0 Å². The highest BCUT2D eigenvalue weighted by molar-refractivity contribution is 5.74. The Morgan fingerprint density at radius 2 is 1.78 bits per heavy atom. The molecule has 0 atom stereocenters. The van der Waals surface area contributed by atoms with Gasteiger partial charge in [0.1, 0.15) is 0 Å². The van der Waals surface area contributed by atoms with Crippen LogP contribution < -0.4 is 5.32 Å². The van der Waals surface area contributed by atoms with Gasteiger partial charge in [-0.05, 0) is 50.7 Å². The summed E-state index contributed by atoms with van der Waals surface area (Å²) < 4.78 is 38.3. The van der Waals surface area contributed by atoms with Crippen LogP contribution >= 0.6 is 0 Å². The maximum Gasteiger partial charge on any atom is 0.416 e. The predicted octanol–water partition coefficient (Wildman–Crippen LogP) is 2.63. The van der Waals surface area contributed by atoms with Gasteiger partial charge in [0.15, 0.2) is 0 Å². The first-order valence-electron chi connectivity index (χ1n) is 9.44. The fourth-order valence-corrected chi connectivity index (χ4v) is 3.80. The van der Waals surface area contributed by atoms with Gasteiger partial charge in [-0.3, -0.25) is 4.90 Å². The number of carbonyl (C=O) groups is 1. The number of amides is 2. The third-order valence-corrected chi connectivity index (χ3v) is 5.50. The average molecular weight is 384 g/mol. The molecule has 0 radical (unpaired) electrons. The molecule has 150 valence electrons. The second-order valence-corrected chi connectivity index (χ2v) is 7.41. The van der Waals surface area contributed by atoms with Crippen LogP contribution in [0, 0.1) is 0 Å². The lowest BCUT2D eigenvalue weighted by Gasteiger charge is -2.42. The zero-order chi connectivity index (χ0) is 19.4. The van der Waals surface area contributed by atoms with E-state index in [1.165, 1.54) is 6.07 Å². The number of urea groups is 1. The minimum Gasteiger partial charge on any atom is -0.334 e. The number of alkyl halides is 3. The van der Waals surface area contributed by atoms with Crippen LogP contribution in [0.5, 0.6) is 0 Å². The number of nitrogens with one attached hydrogen (secondary N) is 1. The van der Waals surface area contributed by atoms with Crippen LogP contribution in [0.2, 0.25) is 0 Å². The van der Waals surface area contributed by atoms with Crippen molar-refractivity contribution in [2.24, 2.45) is 0 Å². The normalized spacial score (nSPS) is 20.7. The fourth-order valence-electron chi connectivity index (χ4n) is 3.80. The maximum absolute atomic E-state index is 12.8. The molecule has 0 saturated carbocycles. The van der Waals surface area contributed by atoms with Gasteiger partial charge in [-0.25, -0.2) is 4.79 Å². The van der Waals surface area contributed by atoms with Crippen molar-refractivity contribution in [1.29, 1.82) is 0 Å². The summed E-state index contributed by atoms with van der Waals surface area (Å²) in [6.07, 6.45) is -2.04. The molecule has 2 heterocycles. The van der Waals surface area contributed by atoms with Crippen molar-refractivity contribution in [3.63, 3.8) is 0 Å². The predicted molar refractivity (Wildman–Crippen MR) is 97.3 cm³/mol. The number of nitrogens with zero attached hydrogens (tertiary/aromatic N) is 3. The van der Waals surface area contributed by atoms with Gasteiger partial charge in [0, 0.05) is 38.8 Å². The highest BCUT2D eigenvalue weighted by Gasteiger charge is 2.31. The molecule has 2 amide bonds. The molecule has 2 aliphatic rings. The third kappa shape index (κ3) is 5.35. The second kappa shape index (κ2) is 8.48. The van der Waals surface area contributed by atoms with Gasteiger partial charge in [0.25, 0.3) is 0 Å². The molecule has 0 bridgehead atoms. The number of benzene rings is 1. The molecule has 0 aliphatic carbocycles. The molecule has 2 fully saturated rings. The summed E-state index contributed by atoms with van der Waals surface area (Å²) in [5, 5.41) is 2.74. The van der Waals surface area contributed by atoms with Gasteiger partial charge in [-0.2, -0.15) is 13.2 Å². The van der Waals surface area contributed by atoms with E-state index < -0.39 is 11.7 Å². The number of halogens is 3. The van der Waals surface area contributed by atoms with Crippen molar-refractivity contribution in [2.75, 3.05) is 46.3 Å². The van der Waals surface area contributed by atoms with Crippen molar-refractivity contribution in [2.45, 2.75) is 31.6 Å². The Balaban J connectivity index is 1.45. The zero-order valence-corrected chi connectivity index (χ0v) is 15.6. The molecule has 1 N–H and O–H groups in total. The second-order valence-electron chi connectivity index (χ2n) is 7.41. The van der Waals surface area contributed by atoms with Crippen LogP contribution in [-0.2, 0) is 12.7 Å². The van der Waals surface area contributed by atoms with E-state index in [-0.39, 0.29) is 12.6 Å². The van der Waals surface area contributed by atoms with E-state index in [2.05, 4.69) is 22.2 Å². The van der Waals surface area contributed by atoms with E-state index >= 15 is 0 Å². The Labute approximate surface area is 158 Å². The lowest BCUT2D eigenvalue weighted by molar-refractivity contribution is -0.137. The molecular formula is C19H27F3N4O. The van der Waals surface area contributed by atoms with E-state index in [1.54, 1.807) is 11.0 Å². The molecule has 2 saturated heterocycles. The summed E-state index contributed by atoms with van der Waals surface area (Å²) >= 11 is 0. The molecule has 5 nitrogen and oxygen atoms in total. The van der Waals surface area contributed by atoms with Crippen molar-refractivity contribution < 1.29 is 18.0 Å². The molecular weight excluding hydrogens is 357 g/mol. The minimum atomic E-state index is -4.37. The molecule has 3 rings (SSSR count).